The Kier molecular flexibility index (Phi) is 4.37. The summed E-state index contributed by atoms with van der Waals surface area (Å²) in [6, 6.07) is 15.1. The number of nitrogens with one attached hydrogen (secondary N) is 1. The van der Waals surface area contributed by atoms with E-state index in [2.05, 4.69) is 54.4 Å². The third-order valence-electron chi connectivity index (χ3n) is 4.58. The van der Waals surface area contributed by atoms with Gasteiger partial charge in [0.05, 0.1) is 0 Å². The van der Waals surface area contributed by atoms with E-state index in [0.717, 1.165) is 24.2 Å². The lowest BCUT2D eigenvalue weighted by Crippen LogP contribution is -2.32. The van der Waals surface area contributed by atoms with Gasteiger partial charge in [-0.05, 0) is 50.5 Å². The Hall–Kier alpha value is -2.29. The lowest BCUT2D eigenvalue weighted by molar-refractivity contribution is -0.116. The van der Waals surface area contributed by atoms with Crippen LogP contribution in [0.3, 0.4) is 0 Å². The van der Waals surface area contributed by atoms with E-state index < -0.39 is 0 Å². The molecule has 0 radical (unpaired) electrons. The number of benzene rings is 2. The van der Waals surface area contributed by atoms with E-state index in [0.29, 0.717) is 12.5 Å². The number of rotatable bonds is 4. The van der Waals surface area contributed by atoms with Crippen LogP contribution in [0.1, 0.15) is 30.0 Å². The van der Waals surface area contributed by atoms with Crippen molar-refractivity contribution in [1.82, 2.24) is 0 Å². The topological polar surface area (TPSA) is 32.3 Å². The Morgan fingerprint density at radius 1 is 1.22 bits per heavy atom. The molecule has 23 heavy (non-hydrogen) atoms. The molecule has 0 saturated carbocycles. The number of hydrogen-bond acceptors (Lipinski definition) is 2. The van der Waals surface area contributed by atoms with Crippen LogP contribution in [0.25, 0.3) is 0 Å². The largest absolute Gasteiger partial charge is 0.368 e. The fourth-order valence-corrected chi connectivity index (χ4v) is 3.36. The molecular formula is C20H24N2O. The molecule has 1 unspecified atom stereocenters. The second-order valence-corrected chi connectivity index (χ2v) is 6.49. The Labute approximate surface area is 138 Å². The van der Waals surface area contributed by atoms with Crippen molar-refractivity contribution in [2.24, 2.45) is 0 Å². The zero-order chi connectivity index (χ0) is 16.4. The molecular weight excluding hydrogens is 284 g/mol. The van der Waals surface area contributed by atoms with Crippen LogP contribution < -0.4 is 10.2 Å². The Balaban J connectivity index is 1.61. The van der Waals surface area contributed by atoms with Gasteiger partial charge >= 0.3 is 0 Å². The first-order valence-corrected chi connectivity index (χ1v) is 8.26. The summed E-state index contributed by atoms with van der Waals surface area (Å²) in [5.74, 6) is 0.0773. The minimum atomic E-state index is 0.0773. The van der Waals surface area contributed by atoms with Crippen LogP contribution in [0.2, 0.25) is 0 Å². The van der Waals surface area contributed by atoms with Gasteiger partial charge in [0.15, 0.2) is 0 Å². The third kappa shape index (κ3) is 3.39. The second kappa shape index (κ2) is 6.45. The minimum absolute atomic E-state index is 0.0773. The molecule has 0 saturated heterocycles. The van der Waals surface area contributed by atoms with Crippen LogP contribution in [-0.2, 0) is 11.2 Å². The first-order chi connectivity index (χ1) is 11.0. The highest BCUT2D eigenvalue weighted by Gasteiger charge is 2.25. The number of anilines is 2. The van der Waals surface area contributed by atoms with E-state index in [1.807, 2.05) is 19.1 Å². The van der Waals surface area contributed by atoms with Gasteiger partial charge in [-0.2, -0.15) is 0 Å². The molecule has 1 aliphatic rings. The van der Waals surface area contributed by atoms with Crippen molar-refractivity contribution >= 4 is 17.3 Å². The Bertz CT molecular complexity index is 723. The summed E-state index contributed by atoms with van der Waals surface area (Å²) in [5, 5.41) is 3.03. The molecule has 1 heterocycles. The van der Waals surface area contributed by atoms with Crippen LogP contribution in [0.5, 0.6) is 0 Å². The van der Waals surface area contributed by atoms with Crippen LogP contribution in [-0.4, -0.2) is 18.5 Å². The monoisotopic (exact) mass is 308 g/mol. The average molecular weight is 308 g/mol. The molecule has 0 aliphatic carbocycles. The van der Waals surface area contributed by atoms with Crippen molar-refractivity contribution in [2.45, 2.75) is 39.7 Å². The van der Waals surface area contributed by atoms with Gasteiger partial charge in [0.2, 0.25) is 5.91 Å². The van der Waals surface area contributed by atoms with Crippen LogP contribution in [0, 0.1) is 13.8 Å². The molecule has 1 N–H and O–H groups in total. The van der Waals surface area contributed by atoms with Crippen LogP contribution >= 0.6 is 0 Å². The fraction of sp³-hybridized carbons (Fsp3) is 0.350. The fourth-order valence-electron chi connectivity index (χ4n) is 3.36. The normalized spacial score (nSPS) is 16.3. The minimum Gasteiger partial charge on any atom is -0.368 e. The van der Waals surface area contributed by atoms with Crippen molar-refractivity contribution in [2.75, 3.05) is 16.8 Å². The molecule has 0 aromatic heterocycles. The predicted octanol–water partition coefficient (Wildman–Crippen LogP) is 4.08. The van der Waals surface area contributed by atoms with Crippen LogP contribution in [0.4, 0.5) is 11.4 Å². The van der Waals surface area contributed by atoms with Gasteiger partial charge in [-0.1, -0.05) is 35.9 Å². The second-order valence-electron chi connectivity index (χ2n) is 6.49. The number of nitrogens with zero attached hydrogens (tertiary/aromatic N) is 1. The molecule has 0 bridgehead atoms. The van der Waals surface area contributed by atoms with E-state index in [4.69, 9.17) is 0 Å². The van der Waals surface area contributed by atoms with Gasteiger partial charge < -0.3 is 10.2 Å². The van der Waals surface area contributed by atoms with Crippen LogP contribution in [0.15, 0.2) is 42.5 Å². The average Bonchev–Trinajstić information content (AvgIpc) is 2.83. The summed E-state index contributed by atoms with van der Waals surface area (Å²) in [6.07, 6.45) is 1.57. The van der Waals surface area contributed by atoms with Crippen molar-refractivity contribution in [1.29, 1.82) is 0 Å². The molecule has 3 nitrogen and oxygen atoms in total. The predicted molar refractivity (Wildman–Crippen MR) is 96.1 cm³/mol. The lowest BCUT2D eigenvalue weighted by atomic mass is 10.1. The summed E-state index contributed by atoms with van der Waals surface area (Å²) in [4.78, 5) is 14.6. The molecule has 2 aromatic rings. The zero-order valence-electron chi connectivity index (χ0n) is 14.1. The summed E-state index contributed by atoms with van der Waals surface area (Å²) in [7, 11) is 0. The quantitative estimate of drug-likeness (QED) is 0.923. The molecule has 1 aliphatic heterocycles. The maximum absolute atomic E-state index is 12.3. The smallest absolute Gasteiger partial charge is 0.226 e. The molecule has 0 spiro atoms. The van der Waals surface area contributed by atoms with Crippen molar-refractivity contribution < 1.29 is 4.79 Å². The van der Waals surface area contributed by atoms with Gasteiger partial charge in [0, 0.05) is 30.4 Å². The van der Waals surface area contributed by atoms with Crippen molar-refractivity contribution in [3.8, 4) is 0 Å². The van der Waals surface area contributed by atoms with Crippen molar-refractivity contribution in [3.05, 3.63) is 59.2 Å². The first-order valence-electron chi connectivity index (χ1n) is 8.26. The van der Waals surface area contributed by atoms with Gasteiger partial charge in [-0.15, -0.1) is 0 Å². The highest BCUT2D eigenvalue weighted by molar-refractivity contribution is 5.91. The standard InChI is InChI=1S/C20H24N2O/c1-14-8-9-18(15(2)12-14)21-20(23)10-11-22-16(3)13-17-6-4-5-7-19(17)22/h4-9,12,16H,10-11,13H2,1-3H3,(H,21,23). The van der Waals surface area contributed by atoms with Gasteiger partial charge in [-0.3, -0.25) is 4.79 Å². The van der Waals surface area contributed by atoms with Gasteiger partial charge in [0.25, 0.3) is 0 Å². The number of aryl methyl sites for hydroxylation is 2. The summed E-state index contributed by atoms with van der Waals surface area (Å²) in [6.45, 7) is 7.07. The molecule has 3 rings (SSSR count). The number of para-hydroxylation sites is 1. The van der Waals surface area contributed by atoms with E-state index >= 15 is 0 Å². The Morgan fingerprint density at radius 3 is 2.78 bits per heavy atom. The third-order valence-corrected chi connectivity index (χ3v) is 4.58. The molecule has 2 aromatic carbocycles. The maximum Gasteiger partial charge on any atom is 0.226 e. The first kappa shape index (κ1) is 15.6. The number of fused-ring (bicyclic) bond motifs is 1. The molecule has 3 heteroatoms. The van der Waals surface area contributed by atoms with Gasteiger partial charge in [-0.25, -0.2) is 0 Å². The summed E-state index contributed by atoms with van der Waals surface area (Å²) in [5.41, 5.74) is 5.89. The van der Waals surface area contributed by atoms with Gasteiger partial charge in [0.1, 0.15) is 0 Å². The van der Waals surface area contributed by atoms with E-state index in [1.165, 1.54) is 16.8 Å². The zero-order valence-corrected chi connectivity index (χ0v) is 14.1. The lowest BCUT2D eigenvalue weighted by Gasteiger charge is -2.24. The van der Waals surface area contributed by atoms with E-state index in [1.54, 1.807) is 0 Å². The number of amides is 1. The Morgan fingerprint density at radius 2 is 2.00 bits per heavy atom. The maximum atomic E-state index is 12.3. The van der Waals surface area contributed by atoms with E-state index in [-0.39, 0.29) is 5.91 Å². The number of hydrogen-bond donors (Lipinski definition) is 1. The molecule has 1 amide bonds. The SMILES string of the molecule is Cc1ccc(NC(=O)CCN2c3ccccc3CC2C)c(C)c1. The van der Waals surface area contributed by atoms with E-state index in [9.17, 15) is 4.79 Å². The number of carbonyl (C=O) groups is 1. The summed E-state index contributed by atoms with van der Waals surface area (Å²) >= 11 is 0. The highest BCUT2D eigenvalue weighted by atomic mass is 16.1. The summed E-state index contributed by atoms with van der Waals surface area (Å²) < 4.78 is 0. The highest BCUT2D eigenvalue weighted by Crippen LogP contribution is 2.31. The number of carbonyl (C=O) groups excluding carboxylic acids is 1. The molecule has 0 fully saturated rings. The molecule has 1 atom stereocenters. The van der Waals surface area contributed by atoms with Crippen molar-refractivity contribution in [3.63, 3.8) is 0 Å². The molecule has 120 valence electrons.